The van der Waals surface area contributed by atoms with Gasteiger partial charge in [-0.3, -0.25) is 24.6 Å². The van der Waals surface area contributed by atoms with Gasteiger partial charge in [0.15, 0.2) is 0 Å². The highest BCUT2D eigenvalue weighted by Crippen LogP contribution is 2.41. The third-order valence-corrected chi connectivity index (χ3v) is 5.35. The molecule has 1 fully saturated rings. The second-order valence-corrected chi connectivity index (χ2v) is 7.21. The minimum Gasteiger partial charge on any atom is -0.319 e. The summed E-state index contributed by atoms with van der Waals surface area (Å²) in [6.45, 7) is 1.17. The molecule has 4 rings (SSSR count). The Kier molecular flexibility index (Phi) is 4.30. The van der Waals surface area contributed by atoms with Gasteiger partial charge in [0, 0.05) is 6.07 Å². The van der Waals surface area contributed by atoms with Crippen LogP contribution in [0.2, 0.25) is 0 Å². The fraction of sp³-hybridized carbons (Fsp3) is 0.250. The zero-order valence-electron chi connectivity index (χ0n) is 15.6. The molecule has 0 bridgehead atoms. The Morgan fingerprint density at radius 2 is 2.03 bits per heavy atom. The fourth-order valence-corrected chi connectivity index (χ4v) is 3.96. The van der Waals surface area contributed by atoms with Crippen molar-refractivity contribution in [3.8, 4) is 0 Å². The molecule has 1 aliphatic carbocycles. The Labute approximate surface area is 165 Å². The van der Waals surface area contributed by atoms with Crippen LogP contribution in [0.5, 0.6) is 0 Å². The summed E-state index contributed by atoms with van der Waals surface area (Å²) in [5.74, 6) is -1.18. The molecule has 9 nitrogen and oxygen atoms in total. The quantitative estimate of drug-likeness (QED) is 0.468. The number of hydrogen-bond acceptors (Lipinski definition) is 5. The van der Waals surface area contributed by atoms with Crippen molar-refractivity contribution in [2.75, 3.05) is 11.9 Å². The zero-order chi connectivity index (χ0) is 20.8. The zero-order valence-corrected chi connectivity index (χ0v) is 15.6. The summed E-state index contributed by atoms with van der Waals surface area (Å²) in [6.07, 6.45) is 1.08. The topological polar surface area (TPSA) is 122 Å². The van der Waals surface area contributed by atoms with Crippen LogP contribution in [0.15, 0.2) is 42.5 Å². The molecular weight excluding hydrogens is 376 g/mol. The molecule has 4 amide bonds. The Morgan fingerprint density at radius 1 is 1.28 bits per heavy atom. The minimum atomic E-state index is -1.15. The van der Waals surface area contributed by atoms with Crippen molar-refractivity contribution in [3.63, 3.8) is 0 Å². The first-order valence-corrected chi connectivity index (χ1v) is 9.09. The normalized spacial score (nSPS) is 20.0. The van der Waals surface area contributed by atoms with E-state index in [1.165, 1.54) is 12.1 Å². The number of rotatable bonds is 4. The first kappa shape index (κ1) is 18.6. The Hall–Kier alpha value is -3.75. The predicted octanol–water partition coefficient (Wildman–Crippen LogP) is 2.24. The monoisotopic (exact) mass is 394 g/mol. The summed E-state index contributed by atoms with van der Waals surface area (Å²) in [5, 5.41) is 16.4. The predicted molar refractivity (Wildman–Crippen MR) is 103 cm³/mol. The molecule has 2 N–H and O–H groups in total. The van der Waals surface area contributed by atoms with Crippen molar-refractivity contribution < 1.29 is 19.3 Å². The lowest BCUT2D eigenvalue weighted by atomic mass is 9.92. The van der Waals surface area contributed by atoms with Crippen LogP contribution in [0.1, 0.15) is 23.1 Å². The number of carbonyl (C=O) groups excluding carboxylic acids is 3. The number of benzene rings is 2. The van der Waals surface area contributed by atoms with Crippen molar-refractivity contribution in [3.05, 3.63) is 69.3 Å². The minimum absolute atomic E-state index is 0.0126. The van der Waals surface area contributed by atoms with E-state index in [-0.39, 0.29) is 11.4 Å². The molecule has 0 saturated carbocycles. The fourth-order valence-electron chi connectivity index (χ4n) is 3.96. The number of imide groups is 1. The number of nitro groups is 1. The molecule has 1 spiro atoms. The van der Waals surface area contributed by atoms with Crippen molar-refractivity contribution in [2.24, 2.45) is 0 Å². The second kappa shape index (κ2) is 6.69. The second-order valence-electron chi connectivity index (χ2n) is 7.21. The molecule has 0 aromatic heterocycles. The average molecular weight is 394 g/mol. The number of hydrogen-bond donors (Lipinski definition) is 2. The highest BCUT2D eigenvalue weighted by Gasteiger charge is 2.55. The van der Waals surface area contributed by atoms with E-state index >= 15 is 0 Å². The molecule has 9 heteroatoms. The summed E-state index contributed by atoms with van der Waals surface area (Å²) in [7, 11) is 0. The molecule has 1 atom stereocenters. The standard InChI is InChI=1S/C20H18N4O5/c1-12-6-7-15(16(10-12)24(28)29)21-17(25)11-23-18(26)20(22-19(23)27)9-8-13-4-2-3-5-14(13)20/h2-7,10H,8-9,11H2,1H3,(H,21,25)(H,22,27). The maximum atomic E-state index is 13.1. The third kappa shape index (κ3) is 3.00. The molecule has 1 aliphatic heterocycles. The van der Waals surface area contributed by atoms with E-state index in [9.17, 15) is 24.5 Å². The molecular formula is C20H18N4O5. The summed E-state index contributed by atoms with van der Waals surface area (Å²) in [5.41, 5.74) is 1.02. The number of nitrogens with one attached hydrogen (secondary N) is 2. The highest BCUT2D eigenvalue weighted by atomic mass is 16.6. The number of nitro benzene ring substituents is 1. The summed E-state index contributed by atoms with van der Waals surface area (Å²) < 4.78 is 0. The van der Waals surface area contributed by atoms with Gasteiger partial charge in [0.05, 0.1) is 4.92 Å². The summed E-state index contributed by atoms with van der Waals surface area (Å²) >= 11 is 0. The van der Waals surface area contributed by atoms with Crippen LogP contribution in [0.25, 0.3) is 0 Å². The van der Waals surface area contributed by atoms with Gasteiger partial charge in [-0.1, -0.05) is 30.3 Å². The summed E-state index contributed by atoms with van der Waals surface area (Å²) in [4.78, 5) is 49.5. The van der Waals surface area contributed by atoms with Crippen LogP contribution in [0.3, 0.4) is 0 Å². The van der Waals surface area contributed by atoms with E-state index in [1.54, 1.807) is 25.1 Å². The van der Waals surface area contributed by atoms with E-state index in [4.69, 9.17) is 0 Å². The SMILES string of the molecule is Cc1ccc(NC(=O)CN2C(=O)NC3(CCc4ccccc43)C2=O)c([N+](=O)[O-])c1. The van der Waals surface area contributed by atoms with Gasteiger partial charge in [-0.25, -0.2) is 4.79 Å². The van der Waals surface area contributed by atoms with Gasteiger partial charge < -0.3 is 10.6 Å². The van der Waals surface area contributed by atoms with Crippen molar-refractivity contribution in [1.29, 1.82) is 0 Å². The molecule has 0 radical (unpaired) electrons. The van der Waals surface area contributed by atoms with Crippen LogP contribution < -0.4 is 10.6 Å². The number of aryl methyl sites for hydroxylation is 2. The van der Waals surface area contributed by atoms with Gasteiger partial charge >= 0.3 is 6.03 Å². The third-order valence-electron chi connectivity index (χ3n) is 5.35. The van der Waals surface area contributed by atoms with Crippen molar-refractivity contribution in [2.45, 2.75) is 25.3 Å². The molecule has 148 valence electrons. The van der Waals surface area contributed by atoms with Crippen LogP contribution in [-0.4, -0.2) is 34.2 Å². The van der Waals surface area contributed by atoms with E-state index in [1.807, 2.05) is 12.1 Å². The largest absolute Gasteiger partial charge is 0.325 e. The van der Waals surface area contributed by atoms with E-state index in [0.29, 0.717) is 18.4 Å². The lowest BCUT2D eigenvalue weighted by Crippen LogP contribution is -2.43. The maximum Gasteiger partial charge on any atom is 0.325 e. The molecule has 2 aromatic rings. The number of urea groups is 1. The van der Waals surface area contributed by atoms with E-state index < -0.39 is 34.9 Å². The first-order chi connectivity index (χ1) is 13.8. The Balaban J connectivity index is 1.54. The van der Waals surface area contributed by atoms with Crippen molar-refractivity contribution in [1.82, 2.24) is 10.2 Å². The number of fused-ring (bicyclic) bond motifs is 2. The molecule has 2 aromatic carbocycles. The lowest BCUT2D eigenvalue weighted by Gasteiger charge is -2.22. The molecule has 1 heterocycles. The van der Waals surface area contributed by atoms with Gasteiger partial charge in [-0.05, 0) is 42.5 Å². The molecule has 29 heavy (non-hydrogen) atoms. The van der Waals surface area contributed by atoms with E-state index in [0.717, 1.165) is 16.0 Å². The molecule has 1 saturated heterocycles. The smallest absolute Gasteiger partial charge is 0.319 e. The van der Waals surface area contributed by atoms with Gasteiger partial charge in [-0.2, -0.15) is 0 Å². The van der Waals surface area contributed by atoms with Gasteiger partial charge in [-0.15, -0.1) is 0 Å². The highest BCUT2D eigenvalue weighted by molar-refractivity contribution is 6.11. The Morgan fingerprint density at radius 3 is 2.79 bits per heavy atom. The van der Waals surface area contributed by atoms with Crippen LogP contribution in [0.4, 0.5) is 16.2 Å². The van der Waals surface area contributed by atoms with Crippen molar-refractivity contribution >= 4 is 29.2 Å². The van der Waals surface area contributed by atoms with Crippen LogP contribution in [0, 0.1) is 17.0 Å². The maximum absolute atomic E-state index is 13.1. The first-order valence-electron chi connectivity index (χ1n) is 9.09. The van der Waals surface area contributed by atoms with Gasteiger partial charge in [0.1, 0.15) is 17.8 Å². The van der Waals surface area contributed by atoms with E-state index in [2.05, 4.69) is 10.6 Å². The van der Waals surface area contributed by atoms with Gasteiger partial charge in [0.25, 0.3) is 11.6 Å². The van der Waals surface area contributed by atoms with Crippen LogP contribution >= 0.6 is 0 Å². The Bertz CT molecular complexity index is 1070. The number of amides is 4. The van der Waals surface area contributed by atoms with Crippen LogP contribution in [-0.2, 0) is 21.5 Å². The number of anilines is 1. The van der Waals surface area contributed by atoms with Gasteiger partial charge in [0.2, 0.25) is 5.91 Å². The lowest BCUT2D eigenvalue weighted by molar-refractivity contribution is -0.384. The molecule has 1 unspecified atom stereocenters. The number of carbonyl (C=O) groups is 3. The average Bonchev–Trinajstić information content (AvgIpc) is 3.17. The molecule has 2 aliphatic rings. The number of nitrogens with zero attached hydrogens (tertiary/aromatic N) is 2. The summed E-state index contributed by atoms with van der Waals surface area (Å²) in [6, 6.07) is 11.1.